The Kier molecular flexibility index (Phi) is 1.51. The Labute approximate surface area is 66.1 Å². The maximum atomic E-state index is 11.4. The normalized spacial score (nSPS) is 28.6. The maximum absolute atomic E-state index is 11.4. The highest BCUT2D eigenvalue weighted by Gasteiger charge is 2.51. The zero-order valence-electron chi connectivity index (χ0n) is 7.26. The molecule has 1 aliphatic heterocycles. The van der Waals surface area contributed by atoms with Crippen molar-refractivity contribution in [3.63, 3.8) is 0 Å². The molecular formula is C7H13N2O2. The van der Waals surface area contributed by atoms with Gasteiger partial charge in [-0.3, -0.25) is 4.79 Å². The van der Waals surface area contributed by atoms with E-state index < -0.39 is 11.2 Å². The first-order valence-corrected chi connectivity index (χ1v) is 3.58. The van der Waals surface area contributed by atoms with Gasteiger partial charge in [-0.25, -0.2) is 0 Å². The van der Waals surface area contributed by atoms with E-state index in [1.807, 2.05) is 0 Å². The van der Waals surface area contributed by atoms with Crippen LogP contribution in [-0.2, 0) is 10.0 Å². The number of rotatable bonds is 0. The third-order valence-electron chi connectivity index (χ3n) is 1.99. The standard InChI is InChI=1S/C7H13N2O2/c1-6(2)5(10)8-7(3,4)9(6)11/h1-4H3,(H,8,10). The van der Waals surface area contributed by atoms with Gasteiger partial charge in [-0.2, -0.15) is 0 Å². The monoisotopic (exact) mass is 157 g/mol. The van der Waals surface area contributed by atoms with Crippen LogP contribution >= 0.6 is 0 Å². The van der Waals surface area contributed by atoms with E-state index >= 15 is 0 Å². The molecule has 1 heterocycles. The number of carbonyl (C=O) groups is 1. The minimum Gasteiger partial charge on any atom is -0.335 e. The van der Waals surface area contributed by atoms with Crippen molar-refractivity contribution in [2.75, 3.05) is 0 Å². The topological polar surface area (TPSA) is 52.2 Å². The fourth-order valence-electron chi connectivity index (χ4n) is 1.27. The van der Waals surface area contributed by atoms with Crippen LogP contribution in [0.25, 0.3) is 0 Å². The molecule has 0 bridgehead atoms. The van der Waals surface area contributed by atoms with E-state index in [0.717, 1.165) is 5.06 Å². The zero-order chi connectivity index (χ0) is 8.86. The molecule has 1 N–H and O–H groups in total. The lowest BCUT2D eigenvalue weighted by atomic mass is 10.1. The van der Waals surface area contributed by atoms with Gasteiger partial charge in [0.1, 0.15) is 11.2 Å². The van der Waals surface area contributed by atoms with Gasteiger partial charge in [0.15, 0.2) is 0 Å². The first kappa shape index (κ1) is 8.49. The summed E-state index contributed by atoms with van der Waals surface area (Å²) < 4.78 is 0. The van der Waals surface area contributed by atoms with Crippen LogP contribution in [0, 0.1) is 0 Å². The summed E-state index contributed by atoms with van der Waals surface area (Å²) in [6.07, 6.45) is 0. The largest absolute Gasteiger partial charge is 0.335 e. The number of hydrogen-bond acceptors (Lipinski definition) is 2. The number of amides is 1. The average Bonchev–Trinajstić information content (AvgIpc) is 1.94. The molecule has 1 amide bonds. The molecule has 0 saturated carbocycles. The molecule has 1 radical (unpaired) electrons. The molecule has 1 saturated heterocycles. The summed E-state index contributed by atoms with van der Waals surface area (Å²) >= 11 is 0. The van der Waals surface area contributed by atoms with Crippen LogP contribution < -0.4 is 5.32 Å². The van der Waals surface area contributed by atoms with Crippen LogP contribution in [0.5, 0.6) is 0 Å². The second-order valence-corrected chi connectivity index (χ2v) is 3.87. The molecule has 0 aliphatic carbocycles. The molecule has 63 valence electrons. The second-order valence-electron chi connectivity index (χ2n) is 3.87. The number of hydrogen-bond donors (Lipinski definition) is 1. The first-order chi connectivity index (χ1) is 4.78. The predicted molar refractivity (Wildman–Crippen MR) is 38.8 cm³/mol. The highest BCUT2D eigenvalue weighted by molar-refractivity contribution is 5.88. The Hall–Kier alpha value is -0.610. The Morgan fingerprint density at radius 3 is 1.82 bits per heavy atom. The molecule has 0 atom stereocenters. The minimum atomic E-state index is -0.927. The smallest absolute Gasteiger partial charge is 0.244 e. The molecule has 0 unspecified atom stereocenters. The van der Waals surface area contributed by atoms with Gasteiger partial charge in [0.25, 0.3) is 0 Å². The average molecular weight is 157 g/mol. The zero-order valence-corrected chi connectivity index (χ0v) is 7.26. The Balaban J connectivity index is 2.98. The van der Waals surface area contributed by atoms with E-state index in [0.29, 0.717) is 0 Å². The van der Waals surface area contributed by atoms with E-state index in [9.17, 15) is 10.0 Å². The SMILES string of the molecule is CC1(C)NC(=O)C(C)(C)N1[O]. The van der Waals surface area contributed by atoms with Crippen molar-refractivity contribution in [3.05, 3.63) is 0 Å². The van der Waals surface area contributed by atoms with Crippen LogP contribution in [0.4, 0.5) is 0 Å². The van der Waals surface area contributed by atoms with Gasteiger partial charge in [-0.1, -0.05) is 0 Å². The molecule has 0 aromatic heterocycles. The summed E-state index contributed by atoms with van der Waals surface area (Å²) in [5.74, 6) is -0.211. The summed E-state index contributed by atoms with van der Waals surface area (Å²) in [4.78, 5) is 11.2. The Bertz CT molecular complexity index is 199. The third kappa shape index (κ3) is 1.02. The van der Waals surface area contributed by atoms with Gasteiger partial charge in [-0.15, -0.1) is 10.3 Å². The molecule has 1 rings (SSSR count). The Morgan fingerprint density at radius 2 is 1.73 bits per heavy atom. The fraction of sp³-hybridized carbons (Fsp3) is 0.857. The van der Waals surface area contributed by atoms with Crippen molar-refractivity contribution in [3.8, 4) is 0 Å². The Morgan fingerprint density at radius 1 is 1.27 bits per heavy atom. The molecule has 0 spiro atoms. The van der Waals surface area contributed by atoms with Crippen molar-refractivity contribution in [2.24, 2.45) is 0 Å². The number of nitrogens with one attached hydrogen (secondary N) is 1. The quantitative estimate of drug-likeness (QED) is 0.549. The van der Waals surface area contributed by atoms with Crippen molar-refractivity contribution < 1.29 is 10.0 Å². The maximum Gasteiger partial charge on any atom is 0.244 e. The summed E-state index contributed by atoms with van der Waals surface area (Å²) in [5, 5.41) is 14.8. The van der Waals surface area contributed by atoms with Crippen molar-refractivity contribution in [1.82, 2.24) is 10.4 Å². The van der Waals surface area contributed by atoms with Gasteiger partial charge in [0.05, 0.1) is 0 Å². The van der Waals surface area contributed by atoms with Gasteiger partial charge >= 0.3 is 0 Å². The number of nitrogens with zero attached hydrogens (tertiary/aromatic N) is 1. The van der Waals surface area contributed by atoms with E-state index in [2.05, 4.69) is 5.32 Å². The lowest BCUT2D eigenvalue weighted by Gasteiger charge is -2.28. The summed E-state index contributed by atoms with van der Waals surface area (Å²) in [6, 6.07) is 0. The first-order valence-electron chi connectivity index (χ1n) is 3.58. The van der Waals surface area contributed by atoms with Crippen LogP contribution in [0.15, 0.2) is 0 Å². The number of hydroxylamine groups is 2. The van der Waals surface area contributed by atoms with Gasteiger partial charge < -0.3 is 5.32 Å². The predicted octanol–water partition coefficient (Wildman–Crippen LogP) is 0.278. The van der Waals surface area contributed by atoms with Crippen molar-refractivity contribution in [1.29, 1.82) is 0 Å². The van der Waals surface area contributed by atoms with E-state index in [1.54, 1.807) is 27.7 Å². The van der Waals surface area contributed by atoms with Gasteiger partial charge in [0, 0.05) is 0 Å². The van der Waals surface area contributed by atoms with Crippen molar-refractivity contribution >= 4 is 5.91 Å². The highest BCUT2D eigenvalue weighted by atomic mass is 16.5. The van der Waals surface area contributed by atoms with E-state index in [1.165, 1.54) is 0 Å². The van der Waals surface area contributed by atoms with Gasteiger partial charge in [0.2, 0.25) is 5.91 Å². The minimum absolute atomic E-state index is 0.211. The fourth-order valence-corrected chi connectivity index (χ4v) is 1.27. The third-order valence-corrected chi connectivity index (χ3v) is 1.99. The van der Waals surface area contributed by atoms with E-state index in [-0.39, 0.29) is 5.91 Å². The summed E-state index contributed by atoms with van der Waals surface area (Å²) in [7, 11) is 0. The molecule has 1 aliphatic rings. The molecule has 4 nitrogen and oxygen atoms in total. The molecule has 0 aromatic carbocycles. The summed E-state index contributed by atoms with van der Waals surface area (Å²) in [6.45, 7) is 6.60. The second kappa shape index (κ2) is 1.95. The van der Waals surface area contributed by atoms with Crippen LogP contribution in [0.1, 0.15) is 27.7 Å². The van der Waals surface area contributed by atoms with Crippen LogP contribution in [0.2, 0.25) is 0 Å². The number of carbonyl (C=O) groups excluding carboxylic acids is 1. The van der Waals surface area contributed by atoms with Crippen molar-refractivity contribution in [2.45, 2.75) is 38.9 Å². The molecular weight excluding hydrogens is 144 g/mol. The molecule has 11 heavy (non-hydrogen) atoms. The lowest BCUT2D eigenvalue weighted by Crippen LogP contribution is -2.48. The van der Waals surface area contributed by atoms with E-state index in [4.69, 9.17) is 0 Å². The highest BCUT2D eigenvalue weighted by Crippen LogP contribution is 2.28. The molecule has 1 fully saturated rings. The molecule has 0 aromatic rings. The lowest BCUT2D eigenvalue weighted by molar-refractivity contribution is -0.244. The van der Waals surface area contributed by atoms with Gasteiger partial charge in [-0.05, 0) is 27.7 Å². The summed E-state index contributed by atoms with van der Waals surface area (Å²) in [5.41, 5.74) is -1.69. The molecule has 4 heteroatoms. The van der Waals surface area contributed by atoms with Crippen LogP contribution in [0.3, 0.4) is 0 Å². The van der Waals surface area contributed by atoms with Crippen LogP contribution in [-0.4, -0.2) is 22.2 Å².